The Morgan fingerprint density at radius 2 is 2.00 bits per heavy atom. The van der Waals surface area contributed by atoms with E-state index in [-0.39, 0.29) is 12.0 Å². The molecule has 0 spiro atoms. The molecule has 128 valence electrons. The highest BCUT2D eigenvalue weighted by molar-refractivity contribution is 8.38. The molecule has 0 radical (unpaired) electrons. The zero-order valence-corrected chi connectivity index (χ0v) is 15.2. The fraction of sp³-hybridized carbons (Fsp3) is 0.263. The van der Waals surface area contributed by atoms with Crippen molar-refractivity contribution >= 4 is 39.5 Å². The van der Waals surface area contributed by atoms with Crippen LogP contribution >= 0.6 is 23.5 Å². The predicted octanol–water partition coefficient (Wildman–Crippen LogP) is 3.77. The van der Waals surface area contributed by atoms with Gasteiger partial charge < -0.3 is 10.1 Å². The molecule has 2 aliphatic heterocycles. The summed E-state index contributed by atoms with van der Waals surface area (Å²) < 4.78 is 6.80. The molecule has 2 aromatic carbocycles. The Kier molecular flexibility index (Phi) is 4.99. The van der Waals surface area contributed by atoms with Crippen molar-refractivity contribution in [2.24, 2.45) is 4.99 Å². The Morgan fingerprint density at radius 1 is 1.20 bits per heavy atom. The van der Waals surface area contributed by atoms with Gasteiger partial charge in [-0.25, -0.2) is 4.99 Å². The summed E-state index contributed by atoms with van der Waals surface area (Å²) in [5.74, 6) is 2.25. The van der Waals surface area contributed by atoms with Crippen molar-refractivity contribution in [3.63, 3.8) is 0 Å². The maximum absolute atomic E-state index is 12.1. The van der Waals surface area contributed by atoms with Crippen molar-refractivity contribution in [2.45, 2.75) is 18.3 Å². The molecule has 25 heavy (non-hydrogen) atoms. The average molecular weight is 370 g/mol. The number of hydrogen-bond acceptors (Lipinski definition) is 5. The largest absolute Gasteiger partial charge is 0.488 e. The monoisotopic (exact) mass is 370 g/mol. The highest BCUT2D eigenvalue weighted by Gasteiger charge is 2.22. The first-order valence-corrected chi connectivity index (χ1v) is 10.2. The molecule has 1 atom stereocenters. The first-order chi connectivity index (χ1) is 12.3. The topological polar surface area (TPSA) is 50.7 Å². The minimum atomic E-state index is 0.0201. The van der Waals surface area contributed by atoms with E-state index in [4.69, 9.17) is 4.74 Å². The Morgan fingerprint density at radius 3 is 2.88 bits per heavy atom. The number of benzene rings is 2. The van der Waals surface area contributed by atoms with Crippen molar-refractivity contribution in [1.29, 1.82) is 0 Å². The van der Waals surface area contributed by atoms with Crippen molar-refractivity contribution in [2.75, 3.05) is 12.3 Å². The SMILES string of the molecule is O=C(CSC1=Nc2ccccc2CS1)NCC1Cc2ccccc2O1. The minimum Gasteiger partial charge on any atom is -0.488 e. The lowest BCUT2D eigenvalue weighted by Crippen LogP contribution is -2.35. The predicted molar refractivity (Wildman–Crippen MR) is 105 cm³/mol. The van der Waals surface area contributed by atoms with E-state index >= 15 is 0 Å². The van der Waals surface area contributed by atoms with E-state index in [0.29, 0.717) is 12.3 Å². The van der Waals surface area contributed by atoms with Crippen molar-refractivity contribution < 1.29 is 9.53 Å². The molecule has 1 unspecified atom stereocenters. The first-order valence-electron chi connectivity index (χ1n) is 8.21. The van der Waals surface area contributed by atoms with Crippen molar-refractivity contribution in [1.82, 2.24) is 5.32 Å². The zero-order valence-electron chi connectivity index (χ0n) is 13.6. The van der Waals surface area contributed by atoms with Crippen LogP contribution < -0.4 is 10.1 Å². The normalized spacial score (nSPS) is 17.9. The molecule has 0 saturated carbocycles. The smallest absolute Gasteiger partial charge is 0.230 e. The van der Waals surface area contributed by atoms with Crippen LogP contribution in [0, 0.1) is 0 Å². The van der Waals surface area contributed by atoms with Crippen LogP contribution in [0.4, 0.5) is 5.69 Å². The van der Waals surface area contributed by atoms with E-state index in [1.807, 2.05) is 36.4 Å². The molecule has 0 aliphatic carbocycles. The number of para-hydroxylation sites is 2. The van der Waals surface area contributed by atoms with Crippen molar-refractivity contribution in [3.8, 4) is 5.75 Å². The fourth-order valence-electron chi connectivity index (χ4n) is 2.86. The summed E-state index contributed by atoms with van der Waals surface area (Å²) in [6.45, 7) is 0.538. The Hall–Kier alpha value is -1.92. The second-order valence-electron chi connectivity index (χ2n) is 5.94. The molecule has 4 rings (SSSR count). The number of ether oxygens (including phenoxy) is 1. The molecule has 0 fully saturated rings. The van der Waals surface area contributed by atoms with Gasteiger partial charge in [0.2, 0.25) is 5.91 Å². The summed E-state index contributed by atoms with van der Waals surface area (Å²) in [5, 5.41) is 2.97. The highest BCUT2D eigenvalue weighted by atomic mass is 32.2. The minimum absolute atomic E-state index is 0.0201. The summed E-state index contributed by atoms with van der Waals surface area (Å²) >= 11 is 3.19. The van der Waals surface area contributed by atoms with Crippen LogP contribution in [-0.4, -0.2) is 28.7 Å². The van der Waals surface area contributed by atoms with Crippen LogP contribution in [-0.2, 0) is 17.0 Å². The first kappa shape index (κ1) is 16.5. The molecular formula is C19H18N2O2S2. The summed E-state index contributed by atoms with van der Waals surface area (Å²) in [6.07, 6.45) is 0.878. The lowest BCUT2D eigenvalue weighted by atomic mass is 10.1. The van der Waals surface area contributed by atoms with Crippen molar-refractivity contribution in [3.05, 3.63) is 59.7 Å². The fourth-order valence-corrected chi connectivity index (χ4v) is 4.75. The molecule has 2 aliphatic rings. The average Bonchev–Trinajstić information content (AvgIpc) is 3.07. The molecular weight excluding hydrogens is 352 g/mol. The number of hydrogen-bond donors (Lipinski definition) is 1. The lowest BCUT2D eigenvalue weighted by molar-refractivity contribution is -0.118. The number of aliphatic imine (C=N–C) groups is 1. The van der Waals surface area contributed by atoms with Gasteiger partial charge in [0.05, 0.1) is 18.0 Å². The summed E-state index contributed by atoms with van der Waals surface area (Å²) in [5.41, 5.74) is 3.48. The Bertz CT molecular complexity index is 798. The van der Waals surface area contributed by atoms with E-state index in [2.05, 4.69) is 22.4 Å². The highest BCUT2D eigenvalue weighted by Crippen LogP contribution is 2.34. The third kappa shape index (κ3) is 4.02. The number of rotatable bonds is 4. The maximum atomic E-state index is 12.1. The van der Waals surface area contributed by atoms with E-state index < -0.39 is 0 Å². The van der Waals surface area contributed by atoms with E-state index in [1.54, 1.807) is 11.8 Å². The molecule has 0 aromatic heterocycles. The molecule has 6 heteroatoms. The maximum Gasteiger partial charge on any atom is 0.230 e. The molecule has 1 amide bonds. The third-order valence-electron chi connectivity index (χ3n) is 4.12. The number of carbonyl (C=O) groups excluding carboxylic acids is 1. The van der Waals surface area contributed by atoms with Gasteiger partial charge in [-0.3, -0.25) is 4.79 Å². The molecule has 2 aromatic rings. The summed E-state index contributed by atoms with van der Waals surface area (Å²) in [6, 6.07) is 16.2. The van der Waals surface area contributed by atoms with Gasteiger partial charge in [-0.15, -0.1) is 0 Å². The quantitative estimate of drug-likeness (QED) is 0.890. The summed E-state index contributed by atoms with van der Waals surface area (Å²) in [4.78, 5) is 16.7. The van der Waals surface area contributed by atoms with E-state index in [1.165, 1.54) is 22.9 Å². The number of carbonyl (C=O) groups is 1. The van der Waals surface area contributed by atoms with Gasteiger partial charge in [-0.2, -0.15) is 0 Å². The van der Waals surface area contributed by atoms with Crippen LogP contribution in [0.1, 0.15) is 11.1 Å². The second kappa shape index (κ2) is 7.54. The number of amides is 1. The third-order valence-corrected chi connectivity index (χ3v) is 6.37. The Balaban J connectivity index is 1.24. The number of nitrogens with zero attached hydrogens (tertiary/aromatic N) is 1. The number of fused-ring (bicyclic) bond motifs is 2. The molecule has 4 nitrogen and oxygen atoms in total. The van der Waals surface area contributed by atoms with Gasteiger partial charge in [-0.1, -0.05) is 59.9 Å². The van der Waals surface area contributed by atoms with E-state index in [0.717, 1.165) is 28.0 Å². The van der Waals surface area contributed by atoms with Gasteiger partial charge >= 0.3 is 0 Å². The number of nitrogens with one attached hydrogen (secondary N) is 1. The second-order valence-corrected chi connectivity index (χ2v) is 8.13. The molecule has 1 N–H and O–H groups in total. The lowest BCUT2D eigenvalue weighted by Gasteiger charge is -2.15. The molecule has 2 heterocycles. The van der Waals surface area contributed by atoms with Crippen LogP contribution in [0.5, 0.6) is 5.75 Å². The van der Waals surface area contributed by atoms with Gasteiger partial charge in [0.25, 0.3) is 0 Å². The standard InChI is InChI=1S/C19H18N2O2S2/c22-18(20-10-15-9-13-5-2-4-8-17(13)23-15)12-25-19-21-16-7-3-1-6-14(16)11-24-19/h1-8,15H,9-12H2,(H,20,22). The van der Waals surface area contributed by atoms with Gasteiger partial charge in [0.1, 0.15) is 16.2 Å². The Labute approximate surface area is 155 Å². The van der Waals surface area contributed by atoms with Crippen LogP contribution in [0.2, 0.25) is 0 Å². The van der Waals surface area contributed by atoms with Gasteiger partial charge in [0.15, 0.2) is 0 Å². The van der Waals surface area contributed by atoms with E-state index in [9.17, 15) is 4.79 Å². The molecule has 0 bridgehead atoms. The molecule has 0 saturated heterocycles. The number of thioether (sulfide) groups is 2. The summed E-state index contributed by atoms with van der Waals surface area (Å²) in [7, 11) is 0. The van der Waals surface area contributed by atoms with Gasteiger partial charge in [-0.05, 0) is 23.3 Å². The van der Waals surface area contributed by atoms with Gasteiger partial charge in [0, 0.05) is 12.2 Å². The van der Waals surface area contributed by atoms with Crippen LogP contribution in [0.25, 0.3) is 0 Å². The zero-order chi connectivity index (χ0) is 17.1. The van der Waals surface area contributed by atoms with Crippen LogP contribution in [0.3, 0.4) is 0 Å². The van der Waals surface area contributed by atoms with Crippen LogP contribution in [0.15, 0.2) is 53.5 Å².